The average Bonchev–Trinajstić information content (AvgIpc) is 3.05. The van der Waals surface area contributed by atoms with Gasteiger partial charge in [-0.15, -0.1) is 0 Å². The Morgan fingerprint density at radius 3 is 3.00 bits per heavy atom. The Morgan fingerprint density at radius 2 is 2.31 bits per heavy atom. The van der Waals surface area contributed by atoms with Crippen molar-refractivity contribution < 1.29 is 9.53 Å². The predicted molar refractivity (Wildman–Crippen MR) is 57.2 cm³/mol. The molecule has 1 fully saturated rings. The van der Waals surface area contributed by atoms with E-state index in [1.165, 1.54) is 7.11 Å². The first-order valence-electron chi connectivity index (χ1n) is 5.23. The van der Waals surface area contributed by atoms with E-state index in [0.29, 0.717) is 17.3 Å². The van der Waals surface area contributed by atoms with Crippen LogP contribution in [0.3, 0.4) is 0 Å². The minimum atomic E-state index is -0.408. The van der Waals surface area contributed by atoms with Gasteiger partial charge in [0.05, 0.1) is 12.5 Å². The lowest BCUT2D eigenvalue weighted by Gasteiger charge is -2.03. The molecule has 1 saturated carbocycles. The average molecular weight is 217 g/mol. The molecule has 1 N–H and O–H groups in total. The van der Waals surface area contributed by atoms with Crippen molar-refractivity contribution in [3.63, 3.8) is 0 Å². The number of aromatic amines is 1. The summed E-state index contributed by atoms with van der Waals surface area (Å²) in [4.78, 5) is 23.3. The molecule has 0 radical (unpaired) electrons. The quantitative estimate of drug-likeness (QED) is 0.776. The molecule has 0 aromatic carbocycles. The zero-order chi connectivity index (χ0) is 11.1. The highest BCUT2D eigenvalue weighted by molar-refractivity contribution is 6.00. The molecule has 0 atom stereocenters. The summed E-state index contributed by atoms with van der Waals surface area (Å²) < 4.78 is 4.73. The fourth-order valence-electron chi connectivity index (χ4n) is 1.73. The maximum atomic E-state index is 11.6. The van der Waals surface area contributed by atoms with Gasteiger partial charge in [0, 0.05) is 12.1 Å². The Bertz CT molecular complexity index is 557. The molecule has 0 saturated heterocycles. The normalized spacial score (nSPS) is 15.3. The van der Waals surface area contributed by atoms with Crippen molar-refractivity contribution in [3.8, 4) is 0 Å². The molecule has 0 unspecified atom stereocenters. The van der Waals surface area contributed by atoms with E-state index in [9.17, 15) is 4.79 Å². The second-order valence-corrected chi connectivity index (χ2v) is 3.94. The summed E-state index contributed by atoms with van der Waals surface area (Å²) in [7, 11) is 1.36. The maximum absolute atomic E-state index is 11.6. The van der Waals surface area contributed by atoms with E-state index in [4.69, 9.17) is 4.74 Å². The standard InChI is InChI=1S/C11H11N3O2/c1-16-11(15)8-7-4-5-12-10(7)14-9(13-8)6-2-3-6/h4-6H,2-3H2,1H3,(H,12,13,14). The molecular weight excluding hydrogens is 206 g/mol. The van der Waals surface area contributed by atoms with Crippen LogP contribution in [-0.2, 0) is 4.74 Å². The fourth-order valence-corrected chi connectivity index (χ4v) is 1.73. The van der Waals surface area contributed by atoms with Crippen molar-refractivity contribution in [2.45, 2.75) is 18.8 Å². The first-order chi connectivity index (χ1) is 7.79. The lowest BCUT2D eigenvalue weighted by atomic mass is 10.2. The summed E-state index contributed by atoms with van der Waals surface area (Å²) in [6, 6.07) is 1.79. The summed E-state index contributed by atoms with van der Waals surface area (Å²) in [5.41, 5.74) is 1.06. The smallest absolute Gasteiger partial charge is 0.357 e. The monoisotopic (exact) mass is 217 g/mol. The van der Waals surface area contributed by atoms with Gasteiger partial charge in [0.1, 0.15) is 11.5 Å². The molecule has 0 spiro atoms. The van der Waals surface area contributed by atoms with Crippen molar-refractivity contribution >= 4 is 17.0 Å². The van der Waals surface area contributed by atoms with Crippen LogP contribution in [-0.4, -0.2) is 28.0 Å². The third kappa shape index (κ3) is 1.36. The molecule has 0 aliphatic heterocycles. The highest BCUT2D eigenvalue weighted by Gasteiger charge is 2.28. The predicted octanol–water partition coefficient (Wildman–Crippen LogP) is 1.62. The number of hydrogen-bond donors (Lipinski definition) is 1. The molecular formula is C11H11N3O2. The van der Waals surface area contributed by atoms with Gasteiger partial charge < -0.3 is 9.72 Å². The molecule has 1 aliphatic carbocycles. The molecule has 1 aliphatic rings. The molecule has 16 heavy (non-hydrogen) atoms. The zero-order valence-corrected chi connectivity index (χ0v) is 8.86. The van der Waals surface area contributed by atoms with E-state index in [1.807, 2.05) is 0 Å². The minimum Gasteiger partial charge on any atom is -0.464 e. The number of methoxy groups -OCH3 is 1. The Balaban J connectivity index is 2.21. The lowest BCUT2D eigenvalue weighted by molar-refractivity contribution is 0.0596. The topological polar surface area (TPSA) is 67.9 Å². The van der Waals surface area contributed by atoms with Crippen LogP contribution in [0.2, 0.25) is 0 Å². The van der Waals surface area contributed by atoms with Crippen LogP contribution in [0.15, 0.2) is 12.3 Å². The fraction of sp³-hybridized carbons (Fsp3) is 0.364. The van der Waals surface area contributed by atoms with Gasteiger partial charge in [-0.1, -0.05) is 0 Å². The number of H-pyrrole nitrogens is 1. The molecule has 3 rings (SSSR count). The molecule has 5 heteroatoms. The second-order valence-electron chi connectivity index (χ2n) is 3.94. The van der Waals surface area contributed by atoms with E-state index in [2.05, 4.69) is 15.0 Å². The number of carbonyl (C=O) groups excluding carboxylic acids is 1. The van der Waals surface area contributed by atoms with Gasteiger partial charge in [-0.3, -0.25) is 0 Å². The number of esters is 1. The number of carbonyl (C=O) groups is 1. The van der Waals surface area contributed by atoms with E-state index < -0.39 is 5.97 Å². The number of hydrogen-bond acceptors (Lipinski definition) is 4. The maximum Gasteiger partial charge on any atom is 0.357 e. The first-order valence-corrected chi connectivity index (χ1v) is 5.23. The van der Waals surface area contributed by atoms with Gasteiger partial charge in [-0.2, -0.15) is 0 Å². The number of aromatic nitrogens is 3. The van der Waals surface area contributed by atoms with Crippen LogP contribution in [0, 0.1) is 0 Å². The van der Waals surface area contributed by atoms with Gasteiger partial charge in [0.25, 0.3) is 0 Å². The molecule has 0 bridgehead atoms. The largest absolute Gasteiger partial charge is 0.464 e. The molecule has 2 heterocycles. The Kier molecular flexibility index (Phi) is 1.92. The third-order valence-corrected chi connectivity index (χ3v) is 2.75. The highest BCUT2D eigenvalue weighted by Crippen LogP contribution is 2.38. The second kappa shape index (κ2) is 3.30. The zero-order valence-electron chi connectivity index (χ0n) is 8.86. The number of nitrogens with zero attached hydrogens (tertiary/aromatic N) is 2. The molecule has 5 nitrogen and oxygen atoms in total. The SMILES string of the molecule is COC(=O)c1nc(C2CC2)nc2[nH]ccc12. The molecule has 82 valence electrons. The highest BCUT2D eigenvalue weighted by atomic mass is 16.5. The first kappa shape index (κ1) is 9.33. The van der Waals surface area contributed by atoms with Crippen LogP contribution >= 0.6 is 0 Å². The van der Waals surface area contributed by atoms with Gasteiger partial charge in [0.2, 0.25) is 0 Å². The number of rotatable bonds is 2. The Hall–Kier alpha value is -1.91. The summed E-state index contributed by atoms with van der Waals surface area (Å²) in [5, 5.41) is 0.719. The number of fused-ring (bicyclic) bond motifs is 1. The molecule has 2 aromatic rings. The summed E-state index contributed by atoms with van der Waals surface area (Å²) >= 11 is 0. The van der Waals surface area contributed by atoms with Crippen molar-refractivity contribution in [3.05, 3.63) is 23.8 Å². The van der Waals surface area contributed by atoms with Crippen molar-refractivity contribution in [1.29, 1.82) is 0 Å². The van der Waals surface area contributed by atoms with Crippen LogP contribution in [0.4, 0.5) is 0 Å². The van der Waals surface area contributed by atoms with Crippen LogP contribution in [0.25, 0.3) is 11.0 Å². The number of ether oxygens (including phenoxy) is 1. The van der Waals surface area contributed by atoms with Gasteiger partial charge in [-0.25, -0.2) is 14.8 Å². The van der Waals surface area contributed by atoms with Crippen molar-refractivity contribution in [2.24, 2.45) is 0 Å². The van der Waals surface area contributed by atoms with E-state index in [0.717, 1.165) is 24.1 Å². The molecule has 2 aromatic heterocycles. The third-order valence-electron chi connectivity index (χ3n) is 2.75. The van der Waals surface area contributed by atoms with Crippen LogP contribution < -0.4 is 0 Å². The van der Waals surface area contributed by atoms with Gasteiger partial charge in [-0.05, 0) is 18.9 Å². The minimum absolute atomic E-state index is 0.357. The van der Waals surface area contributed by atoms with Crippen molar-refractivity contribution in [1.82, 2.24) is 15.0 Å². The number of nitrogens with one attached hydrogen (secondary N) is 1. The van der Waals surface area contributed by atoms with Crippen LogP contribution in [0.5, 0.6) is 0 Å². The van der Waals surface area contributed by atoms with Gasteiger partial charge in [0.15, 0.2) is 5.69 Å². The van der Waals surface area contributed by atoms with E-state index >= 15 is 0 Å². The summed E-state index contributed by atoms with van der Waals surface area (Å²) in [6.07, 6.45) is 3.96. The lowest BCUT2D eigenvalue weighted by Crippen LogP contribution is -2.08. The van der Waals surface area contributed by atoms with Gasteiger partial charge >= 0.3 is 5.97 Å². The van der Waals surface area contributed by atoms with Crippen molar-refractivity contribution in [2.75, 3.05) is 7.11 Å². The van der Waals surface area contributed by atoms with E-state index in [1.54, 1.807) is 12.3 Å². The Morgan fingerprint density at radius 1 is 1.50 bits per heavy atom. The summed E-state index contributed by atoms with van der Waals surface area (Å²) in [5.74, 6) is 0.750. The molecule has 0 amide bonds. The summed E-state index contributed by atoms with van der Waals surface area (Å²) in [6.45, 7) is 0. The Labute approximate surface area is 91.9 Å². The van der Waals surface area contributed by atoms with E-state index in [-0.39, 0.29) is 0 Å². The van der Waals surface area contributed by atoms with Crippen LogP contribution in [0.1, 0.15) is 35.1 Å².